The van der Waals surface area contributed by atoms with E-state index in [9.17, 15) is 9.59 Å². The Kier molecular flexibility index (Phi) is 4.22. The molecule has 120 valence electrons. The number of hydrogen-bond acceptors (Lipinski definition) is 4. The van der Waals surface area contributed by atoms with Crippen LogP contribution in [0.25, 0.3) is 0 Å². The van der Waals surface area contributed by atoms with Gasteiger partial charge < -0.3 is 10.1 Å². The van der Waals surface area contributed by atoms with Crippen molar-refractivity contribution in [1.82, 2.24) is 0 Å². The van der Waals surface area contributed by atoms with Gasteiger partial charge in [0.05, 0.1) is 17.0 Å². The molecule has 4 nitrogen and oxygen atoms in total. The van der Waals surface area contributed by atoms with Crippen LogP contribution in [0.1, 0.15) is 40.6 Å². The normalized spacial score (nSPS) is 15.0. The van der Waals surface area contributed by atoms with Crippen LogP contribution in [0.2, 0.25) is 0 Å². The number of aryl methyl sites for hydroxylation is 1. The topological polar surface area (TPSA) is 55.4 Å². The number of anilines is 1. The van der Waals surface area contributed by atoms with E-state index in [1.807, 2.05) is 43.3 Å². The van der Waals surface area contributed by atoms with Gasteiger partial charge in [-0.25, -0.2) is 4.79 Å². The van der Waals surface area contributed by atoms with E-state index in [-0.39, 0.29) is 11.9 Å². The molecule has 1 heterocycles. The minimum absolute atomic E-state index is 0.000332. The molecule has 0 unspecified atom stereocenters. The first-order chi connectivity index (χ1) is 11.1. The second-order valence-electron chi connectivity index (χ2n) is 5.75. The van der Waals surface area contributed by atoms with Crippen molar-refractivity contribution in [3.63, 3.8) is 0 Å². The highest BCUT2D eigenvalue weighted by Crippen LogP contribution is 2.49. The Bertz CT molecular complexity index is 732. The Morgan fingerprint density at radius 1 is 1.26 bits per heavy atom. The van der Waals surface area contributed by atoms with Crippen LogP contribution in [-0.4, -0.2) is 18.5 Å². The number of ether oxygens (including phenoxy) is 1. The third-order valence-electron chi connectivity index (χ3n) is 4.13. The number of esters is 1. The van der Waals surface area contributed by atoms with E-state index in [2.05, 4.69) is 5.32 Å². The van der Waals surface area contributed by atoms with Crippen molar-refractivity contribution in [2.24, 2.45) is 0 Å². The molecule has 0 radical (unpaired) electrons. The average molecular weight is 329 g/mol. The van der Waals surface area contributed by atoms with Crippen molar-refractivity contribution >= 4 is 28.2 Å². The minimum Gasteiger partial charge on any atom is -0.462 e. The van der Waals surface area contributed by atoms with Crippen molar-refractivity contribution in [1.29, 1.82) is 0 Å². The molecule has 5 heteroatoms. The van der Waals surface area contributed by atoms with E-state index in [1.165, 1.54) is 11.3 Å². The summed E-state index contributed by atoms with van der Waals surface area (Å²) in [6.07, 6.45) is 1.72. The fourth-order valence-corrected chi connectivity index (χ4v) is 3.67. The van der Waals surface area contributed by atoms with Crippen LogP contribution < -0.4 is 5.32 Å². The number of amides is 1. The van der Waals surface area contributed by atoms with Gasteiger partial charge in [-0.3, -0.25) is 4.79 Å². The van der Waals surface area contributed by atoms with E-state index in [0.29, 0.717) is 16.5 Å². The molecular weight excluding hydrogens is 310 g/mol. The quantitative estimate of drug-likeness (QED) is 0.846. The Balaban J connectivity index is 1.77. The first-order valence-corrected chi connectivity index (χ1v) is 8.53. The molecule has 1 fully saturated rings. The van der Waals surface area contributed by atoms with Crippen molar-refractivity contribution < 1.29 is 14.3 Å². The number of nitrogens with one attached hydrogen (secondary N) is 1. The number of rotatable bonds is 5. The average Bonchev–Trinajstić information content (AvgIpc) is 3.28. The number of benzene rings is 1. The van der Waals surface area contributed by atoms with Crippen molar-refractivity contribution in [3.05, 3.63) is 52.4 Å². The van der Waals surface area contributed by atoms with Gasteiger partial charge in [0.2, 0.25) is 5.91 Å². The zero-order valence-electron chi connectivity index (χ0n) is 13.2. The fraction of sp³-hybridized carbons (Fsp3) is 0.333. The first-order valence-electron chi connectivity index (χ1n) is 7.71. The largest absolute Gasteiger partial charge is 0.462 e. The summed E-state index contributed by atoms with van der Waals surface area (Å²) in [5, 5.41) is 3.67. The predicted octanol–water partition coefficient (Wildman–Crippen LogP) is 3.90. The molecule has 3 rings (SSSR count). The van der Waals surface area contributed by atoms with E-state index >= 15 is 0 Å². The lowest BCUT2D eigenvalue weighted by atomic mass is 9.95. The Labute approximate surface area is 139 Å². The summed E-state index contributed by atoms with van der Waals surface area (Å²) in [6.45, 7) is 3.97. The molecule has 1 N–H and O–H groups in total. The Hall–Kier alpha value is -2.14. The molecule has 1 aliphatic carbocycles. The number of hydrogen-bond donors (Lipinski definition) is 1. The van der Waals surface area contributed by atoms with Gasteiger partial charge in [0.15, 0.2) is 0 Å². The van der Waals surface area contributed by atoms with Gasteiger partial charge in [-0.05, 0) is 43.9 Å². The summed E-state index contributed by atoms with van der Waals surface area (Å²) >= 11 is 1.27. The van der Waals surface area contributed by atoms with Gasteiger partial charge in [-0.2, -0.15) is 0 Å². The lowest BCUT2D eigenvalue weighted by molar-refractivity contribution is -0.118. The highest BCUT2D eigenvalue weighted by molar-refractivity contribution is 7.18. The third kappa shape index (κ3) is 3.01. The summed E-state index contributed by atoms with van der Waals surface area (Å²) in [7, 11) is 0. The van der Waals surface area contributed by atoms with Gasteiger partial charge in [-0.1, -0.05) is 30.3 Å². The predicted molar refractivity (Wildman–Crippen MR) is 91.0 cm³/mol. The number of thiophene rings is 1. The van der Waals surface area contributed by atoms with Crippen LogP contribution in [-0.2, 0) is 14.9 Å². The van der Waals surface area contributed by atoms with Crippen LogP contribution in [0.3, 0.4) is 0 Å². The van der Waals surface area contributed by atoms with E-state index in [4.69, 9.17) is 4.74 Å². The minimum atomic E-state index is -0.413. The lowest BCUT2D eigenvalue weighted by Gasteiger charge is -2.14. The van der Waals surface area contributed by atoms with Gasteiger partial charge in [0.25, 0.3) is 0 Å². The van der Waals surface area contributed by atoms with Crippen LogP contribution in [0.15, 0.2) is 36.4 Å². The Morgan fingerprint density at radius 3 is 2.57 bits per heavy atom. The standard InChI is InChI=1S/C18H19NO3S/c1-3-22-16(20)15-12(2)11-14(23-15)19-17(21)18(9-10-18)13-7-5-4-6-8-13/h4-8,11H,3,9-10H2,1-2H3,(H,19,21). The van der Waals surface area contributed by atoms with Crippen LogP contribution in [0.4, 0.5) is 5.00 Å². The summed E-state index contributed by atoms with van der Waals surface area (Å²) in [4.78, 5) is 25.1. The maximum absolute atomic E-state index is 12.7. The molecule has 1 aromatic heterocycles. The SMILES string of the molecule is CCOC(=O)c1sc(NC(=O)C2(c3ccccc3)CC2)cc1C. The molecule has 0 spiro atoms. The molecule has 0 aliphatic heterocycles. The summed E-state index contributed by atoms with van der Waals surface area (Å²) in [5.74, 6) is -0.333. The van der Waals surface area contributed by atoms with Gasteiger partial charge in [-0.15, -0.1) is 11.3 Å². The molecule has 23 heavy (non-hydrogen) atoms. The summed E-state index contributed by atoms with van der Waals surface area (Å²) in [5.41, 5.74) is 1.47. The number of carbonyl (C=O) groups excluding carboxylic acids is 2. The smallest absolute Gasteiger partial charge is 0.348 e. The van der Waals surface area contributed by atoms with Crippen LogP contribution >= 0.6 is 11.3 Å². The highest BCUT2D eigenvalue weighted by atomic mass is 32.1. The second-order valence-corrected chi connectivity index (χ2v) is 6.80. The van der Waals surface area contributed by atoms with Crippen LogP contribution in [0, 0.1) is 6.92 Å². The summed E-state index contributed by atoms with van der Waals surface area (Å²) < 4.78 is 5.03. The molecule has 1 amide bonds. The number of carbonyl (C=O) groups is 2. The molecule has 1 saturated carbocycles. The van der Waals surface area contributed by atoms with E-state index < -0.39 is 5.41 Å². The van der Waals surface area contributed by atoms with Gasteiger partial charge >= 0.3 is 5.97 Å². The third-order valence-corrected chi connectivity index (χ3v) is 5.26. The molecule has 2 aromatic rings. The maximum atomic E-state index is 12.7. The van der Waals surface area contributed by atoms with Gasteiger partial charge in [0, 0.05) is 0 Å². The molecule has 0 atom stereocenters. The zero-order chi connectivity index (χ0) is 16.4. The zero-order valence-corrected chi connectivity index (χ0v) is 14.0. The molecule has 1 aliphatic rings. The second kappa shape index (κ2) is 6.16. The van der Waals surface area contributed by atoms with Crippen molar-refractivity contribution in [3.8, 4) is 0 Å². The molecule has 0 bridgehead atoms. The van der Waals surface area contributed by atoms with Gasteiger partial charge in [0.1, 0.15) is 4.88 Å². The Morgan fingerprint density at radius 2 is 1.96 bits per heavy atom. The highest BCUT2D eigenvalue weighted by Gasteiger charge is 2.51. The lowest BCUT2D eigenvalue weighted by Crippen LogP contribution is -2.27. The van der Waals surface area contributed by atoms with Crippen molar-refractivity contribution in [2.75, 3.05) is 11.9 Å². The molecular formula is C18H19NO3S. The monoisotopic (exact) mass is 329 g/mol. The van der Waals surface area contributed by atoms with E-state index in [0.717, 1.165) is 24.0 Å². The molecule has 1 aromatic carbocycles. The van der Waals surface area contributed by atoms with Crippen LogP contribution in [0.5, 0.6) is 0 Å². The van der Waals surface area contributed by atoms with Crippen molar-refractivity contribution in [2.45, 2.75) is 32.1 Å². The first kappa shape index (κ1) is 15.7. The molecule has 0 saturated heterocycles. The maximum Gasteiger partial charge on any atom is 0.348 e. The fourth-order valence-electron chi connectivity index (χ4n) is 2.70. The summed E-state index contributed by atoms with van der Waals surface area (Å²) in [6, 6.07) is 11.7. The van der Waals surface area contributed by atoms with E-state index in [1.54, 1.807) is 6.92 Å².